The van der Waals surface area contributed by atoms with Gasteiger partial charge in [-0.2, -0.15) is 0 Å². The summed E-state index contributed by atoms with van der Waals surface area (Å²) in [6, 6.07) is 10.4. The Bertz CT molecular complexity index is 595. The van der Waals surface area contributed by atoms with Crippen molar-refractivity contribution in [1.82, 2.24) is 0 Å². The third-order valence-electron chi connectivity index (χ3n) is 3.11. The summed E-state index contributed by atoms with van der Waals surface area (Å²) in [6.07, 6.45) is 8.76. The number of nitrogens with zero attached hydrogens (tertiary/aromatic N) is 2. The van der Waals surface area contributed by atoms with E-state index in [0.29, 0.717) is 6.04 Å². The summed E-state index contributed by atoms with van der Waals surface area (Å²) in [5, 5.41) is 0. The molecule has 0 saturated carbocycles. The lowest BCUT2D eigenvalue weighted by Gasteiger charge is -2.13. The van der Waals surface area contributed by atoms with Gasteiger partial charge in [-0.1, -0.05) is 31.5 Å². The zero-order valence-corrected chi connectivity index (χ0v) is 14.4. The Balaban J connectivity index is 2.22. The maximum atomic E-state index is 4.72. The zero-order chi connectivity index (χ0) is 15.8. The summed E-state index contributed by atoms with van der Waals surface area (Å²) in [5.74, 6) is 1.13. The van der Waals surface area contributed by atoms with E-state index in [-0.39, 0.29) is 0 Å². The minimum Gasteiger partial charge on any atom is -0.281 e. The van der Waals surface area contributed by atoms with Crippen molar-refractivity contribution in [3.63, 3.8) is 0 Å². The number of benzene rings is 1. The second kappa shape index (κ2) is 8.74. The molecule has 0 bridgehead atoms. The second-order valence-corrected chi connectivity index (χ2v) is 6.66. The van der Waals surface area contributed by atoms with Crippen molar-refractivity contribution in [3.8, 4) is 0 Å². The summed E-state index contributed by atoms with van der Waals surface area (Å²) in [7, 11) is 0. The van der Waals surface area contributed by atoms with Crippen molar-refractivity contribution in [1.29, 1.82) is 0 Å². The van der Waals surface area contributed by atoms with Gasteiger partial charge >= 0.3 is 0 Å². The molecule has 116 valence electrons. The Morgan fingerprint density at radius 3 is 2.55 bits per heavy atom. The van der Waals surface area contributed by atoms with E-state index >= 15 is 0 Å². The number of hydrogen-bond donors (Lipinski definition) is 0. The van der Waals surface area contributed by atoms with Gasteiger partial charge in [-0.25, -0.2) is 4.99 Å². The van der Waals surface area contributed by atoms with Gasteiger partial charge in [0.1, 0.15) is 0 Å². The lowest BCUT2D eigenvalue weighted by molar-refractivity contribution is 0.838. The Kier molecular flexibility index (Phi) is 6.66. The molecule has 3 heteroatoms. The van der Waals surface area contributed by atoms with Crippen LogP contribution in [0.2, 0.25) is 0 Å². The van der Waals surface area contributed by atoms with E-state index in [1.165, 1.54) is 17.7 Å². The van der Waals surface area contributed by atoms with Crippen LogP contribution in [0.5, 0.6) is 0 Å². The Hall–Kier alpha value is -1.61. The Morgan fingerprint density at radius 2 is 1.86 bits per heavy atom. The number of aliphatic imine (C=N–C) groups is 2. The van der Waals surface area contributed by atoms with Gasteiger partial charge in [0, 0.05) is 10.9 Å². The van der Waals surface area contributed by atoms with Crippen molar-refractivity contribution in [2.24, 2.45) is 9.98 Å². The predicted molar refractivity (Wildman–Crippen MR) is 101 cm³/mol. The minimum absolute atomic E-state index is 0.308. The lowest BCUT2D eigenvalue weighted by atomic mass is 10.1. The maximum Gasteiger partial charge on any atom is 0.0714 e. The van der Waals surface area contributed by atoms with E-state index < -0.39 is 0 Å². The first-order chi connectivity index (χ1) is 10.7. The maximum absolute atomic E-state index is 4.72. The summed E-state index contributed by atoms with van der Waals surface area (Å²) in [6.45, 7) is 6.45. The molecular weight excluding hydrogens is 288 g/mol. The molecule has 1 aromatic carbocycles. The molecule has 22 heavy (non-hydrogen) atoms. The highest BCUT2D eigenvalue weighted by molar-refractivity contribution is 8.04. The fourth-order valence-corrected chi connectivity index (χ4v) is 3.18. The van der Waals surface area contributed by atoms with Crippen molar-refractivity contribution in [3.05, 3.63) is 53.5 Å². The minimum atomic E-state index is 0.308. The summed E-state index contributed by atoms with van der Waals surface area (Å²) in [4.78, 5) is 10.7. The van der Waals surface area contributed by atoms with Gasteiger partial charge in [0.25, 0.3) is 0 Å². The van der Waals surface area contributed by atoms with Crippen molar-refractivity contribution >= 4 is 28.9 Å². The molecule has 0 aliphatic heterocycles. The summed E-state index contributed by atoms with van der Waals surface area (Å²) < 4.78 is 0. The van der Waals surface area contributed by atoms with Crippen LogP contribution in [0.25, 0.3) is 0 Å². The third-order valence-corrected chi connectivity index (χ3v) is 4.24. The van der Waals surface area contributed by atoms with Crippen molar-refractivity contribution < 1.29 is 0 Å². The van der Waals surface area contributed by atoms with Crippen molar-refractivity contribution in [2.45, 2.75) is 39.7 Å². The van der Waals surface area contributed by atoms with Gasteiger partial charge in [0.2, 0.25) is 0 Å². The van der Waals surface area contributed by atoms with Crippen LogP contribution in [-0.4, -0.2) is 23.2 Å². The zero-order valence-electron chi connectivity index (χ0n) is 13.6. The van der Waals surface area contributed by atoms with Gasteiger partial charge in [0.15, 0.2) is 0 Å². The predicted octanol–water partition coefficient (Wildman–Crippen LogP) is 5.60. The average molecular weight is 312 g/mol. The molecule has 0 amide bonds. The van der Waals surface area contributed by atoms with Gasteiger partial charge < -0.3 is 0 Å². The van der Waals surface area contributed by atoms with Crippen LogP contribution in [0.4, 0.5) is 5.69 Å². The molecule has 1 aliphatic carbocycles. The Morgan fingerprint density at radius 1 is 1.09 bits per heavy atom. The highest BCUT2D eigenvalue weighted by Crippen LogP contribution is 2.24. The topological polar surface area (TPSA) is 24.7 Å². The largest absolute Gasteiger partial charge is 0.281 e. The first-order valence-corrected chi connectivity index (χ1v) is 8.92. The number of thioether (sulfide) groups is 1. The van der Waals surface area contributed by atoms with E-state index in [1.54, 1.807) is 0 Å². The lowest BCUT2D eigenvalue weighted by Crippen LogP contribution is -2.09. The van der Waals surface area contributed by atoms with E-state index in [2.05, 4.69) is 39.0 Å². The van der Waals surface area contributed by atoms with Crippen LogP contribution >= 0.6 is 11.8 Å². The fraction of sp³-hybridized carbons (Fsp3) is 0.368. The van der Waals surface area contributed by atoms with Crippen LogP contribution in [-0.2, 0) is 0 Å². The van der Waals surface area contributed by atoms with Gasteiger partial charge in [-0.3, -0.25) is 4.99 Å². The van der Waals surface area contributed by atoms with Crippen LogP contribution in [0.3, 0.4) is 0 Å². The highest BCUT2D eigenvalue weighted by Gasteiger charge is 2.11. The van der Waals surface area contributed by atoms with Gasteiger partial charge in [0.05, 0.1) is 17.1 Å². The average Bonchev–Trinajstić information content (AvgIpc) is 2.50. The number of rotatable bonds is 6. The summed E-state index contributed by atoms with van der Waals surface area (Å²) >= 11 is 1.88. The molecule has 2 rings (SSSR count). The molecule has 0 N–H and O–H groups in total. The number of allylic oxidation sites excluding steroid dienone is 4. The number of hydrogen-bond acceptors (Lipinski definition) is 3. The number of unbranched alkanes of at least 4 members (excludes halogenated alkanes) is 1. The molecule has 0 fully saturated rings. The number of para-hydroxylation sites is 1. The Labute approximate surface area is 138 Å². The van der Waals surface area contributed by atoms with E-state index in [1.807, 2.05) is 42.1 Å². The van der Waals surface area contributed by atoms with Crippen LogP contribution < -0.4 is 0 Å². The molecular formula is C19H24N2S. The second-order valence-electron chi connectivity index (χ2n) is 5.52. The van der Waals surface area contributed by atoms with Crippen LogP contribution in [0, 0.1) is 0 Å². The van der Waals surface area contributed by atoms with Gasteiger partial charge in [-0.05, 0) is 56.4 Å². The normalized spacial score (nSPS) is 18.3. The quantitative estimate of drug-likeness (QED) is 0.496. The molecule has 0 radical (unpaired) electrons. The molecule has 1 aliphatic rings. The summed E-state index contributed by atoms with van der Waals surface area (Å²) in [5.41, 5.74) is 3.07. The van der Waals surface area contributed by atoms with Crippen molar-refractivity contribution in [2.75, 3.05) is 5.75 Å². The van der Waals surface area contributed by atoms with E-state index in [9.17, 15) is 0 Å². The van der Waals surface area contributed by atoms with E-state index in [4.69, 9.17) is 9.98 Å². The molecule has 1 aromatic rings. The molecule has 0 heterocycles. The SMILES string of the molecule is CCCCSC1=CC(=Nc2ccccc2)C=CC1=NC(C)C. The standard InChI is InChI=1S/C19H24N2S/c1-4-5-13-22-19-14-17(11-12-18(19)20-15(2)3)21-16-9-7-6-8-10-16/h6-12,14-15H,4-5,13H2,1-3H3. The van der Waals surface area contributed by atoms with Crippen LogP contribution in [0.1, 0.15) is 33.6 Å². The molecule has 0 spiro atoms. The molecule has 0 aromatic heterocycles. The first-order valence-electron chi connectivity index (χ1n) is 7.93. The molecule has 0 atom stereocenters. The monoisotopic (exact) mass is 312 g/mol. The fourth-order valence-electron chi connectivity index (χ4n) is 2.05. The van der Waals surface area contributed by atoms with Crippen LogP contribution in [0.15, 0.2) is 63.4 Å². The van der Waals surface area contributed by atoms with E-state index in [0.717, 1.165) is 22.9 Å². The van der Waals surface area contributed by atoms with Gasteiger partial charge in [-0.15, -0.1) is 11.8 Å². The molecule has 2 nitrogen and oxygen atoms in total. The molecule has 0 saturated heterocycles. The third kappa shape index (κ3) is 5.30. The molecule has 0 unspecified atom stereocenters. The highest BCUT2D eigenvalue weighted by atomic mass is 32.2. The first kappa shape index (κ1) is 16.8. The smallest absolute Gasteiger partial charge is 0.0714 e.